The van der Waals surface area contributed by atoms with E-state index in [1.807, 2.05) is 0 Å². The molecule has 1 aromatic heterocycles. The molecule has 0 amide bonds. The van der Waals surface area contributed by atoms with Crippen LogP contribution in [0.3, 0.4) is 0 Å². The molecule has 0 saturated heterocycles. The average Bonchev–Trinajstić information content (AvgIpc) is 2.31. The quantitative estimate of drug-likeness (QED) is 0.772. The predicted molar refractivity (Wildman–Crippen MR) is 77.6 cm³/mol. The lowest BCUT2D eigenvalue weighted by atomic mass is 10.1. The molecular weight excluding hydrogens is 382 g/mol. The highest BCUT2D eigenvalue weighted by Gasteiger charge is 2.21. The van der Waals surface area contributed by atoms with E-state index in [2.05, 4.69) is 36.8 Å². The van der Waals surface area contributed by atoms with Gasteiger partial charge in [-0.2, -0.15) is 0 Å². The number of rotatable bonds is 2. The molecule has 100 valence electrons. The van der Waals surface area contributed by atoms with E-state index in [0.717, 1.165) is 0 Å². The second-order valence-corrected chi connectivity index (χ2v) is 5.48. The Kier molecular flexibility index (Phi) is 3.96. The summed E-state index contributed by atoms with van der Waals surface area (Å²) in [6, 6.07) is 3.33. The average molecular weight is 391 g/mol. The zero-order chi connectivity index (χ0) is 14.2. The van der Waals surface area contributed by atoms with Gasteiger partial charge in [-0.05, 0) is 35.0 Å². The number of fused-ring (bicyclic) bond motifs is 1. The zero-order valence-electron chi connectivity index (χ0n) is 9.79. The van der Waals surface area contributed by atoms with Gasteiger partial charge in [0.25, 0.3) is 5.56 Å². The van der Waals surface area contributed by atoms with E-state index in [0.29, 0.717) is 19.8 Å². The summed E-state index contributed by atoms with van der Waals surface area (Å²) in [6.07, 6.45) is 0. The molecule has 2 aromatic rings. The number of pyridine rings is 1. The van der Waals surface area contributed by atoms with Gasteiger partial charge in [0.15, 0.2) is 5.56 Å². The molecule has 0 aliphatic heterocycles. The molecule has 2 N–H and O–H groups in total. The van der Waals surface area contributed by atoms with Crippen LogP contribution in [0.25, 0.3) is 10.9 Å². The molecule has 0 saturated carbocycles. The van der Waals surface area contributed by atoms with Crippen molar-refractivity contribution in [1.82, 2.24) is 4.98 Å². The summed E-state index contributed by atoms with van der Waals surface area (Å²) in [4.78, 5) is 26.1. The summed E-state index contributed by atoms with van der Waals surface area (Å²) in [5.41, 5.74) is -0.662. The van der Waals surface area contributed by atoms with Crippen LogP contribution in [-0.4, -0.2) is 22.7 Å². The number of hydrogen-bond donors (Lipinski definition) is 2. The summed E-state index contributed by atoms with van der Waals surface area (Å²) >= 11 is 6.56. The SMILES string of the molecule is CCOC(=O)c1c(O)c2cc(Br)cc(Br)c2[nH]c1=O. The molecule has 0 unspecified atom stereocenters. The Bertz CT molecular complexity index is 724. The minimum atomic E-state index is -0.848. The van der Waals surface area contributed by atoms with E-state index in [1.165, 1.54) is 0 Å². The van der Waals surface area contributed by atoms with E-state index in [4.69, 9.17) is 4.74 Å². The third kappa shape index (κ3) is 2.52. The van der Waals surface area contributed by atoms with Gasteiger partial charge in [-0.15, -0.1) is 0 Å². The molecule has 7 heteroatoms. The molecular formula is C12H9Br2NO4. The van der Waals surface area contributed by atoms with Crippen LogP contribution >= 0.6 is 31.9 Å². The minimum Gasteiger partial charge on any atom is -0.506 e. The smallest absolute Gasteiger partial charge is 0.347 e. The van der Waals surface area contributed by atoms with Crippen LogP contribution in [0.5, 0.6) is 5.75 Å². The number of benzene rings is 1. The van der Waals surface area contributed by atoms with Crippen molar-refractivity contribution in [3.05, 3.63) is 37.0 Å². The minimum absolute atomic E-state index is 0.123. The molecule has 2 rings (SSSR count). The first-order valence-electron chi connectivity index (χ1n) is 5.36. The summed E-state index contributed by atoms with van der Waals surface area (Å²) in [5.74, 6) is -1.24. The Balaban J connectivity index is 2.82. The monoisotopic (exact) mass is 389 g/mol. The molecule has 0 spiro atoms. The Morgan fingerprint density at radius 1 is 1.42 bits per heavy atom. The fourth-order valence-electron chi connectivity index (χ4n) is 1.70. The number of carbonyl (C=O) groups excluding carboxylic acids is 1. The van der Waals surface area contributed by atoms with Crippen molar-refractivity contribution < 1.29 is 14.6 Å². The summed E-state index contributed by atoms with van der Waals surface area (Å²) in [7, 11) is 0. The van der Waals surface area contributed by atoms with Crippen molar-refractivity contribution in [3.63, 3.8) is 0 Å². The number of aromatic amines is 1. The molecule has 0 radical (unpaired) electrons. The van der Waals surface area contributed by atoms with E-state index < -0.39 is 11.5 Å². The van der Waals surface area contributed by atoms with Gasteiger partial charge in [-0.1, -0.05) is 15.9 Å². The number of halogens is 2. The van der Waals surface area contributed by atoms with E-state index >= 15 is 0 Å². The van der Waals surface area contributed by atoms with Gasteiger partial charge >= 0.3 is 5.97 Å². The summed E-state index contributed by atoms with van der Waals surface area (Å²) < 4.78 is 6.05. The van der Waals surface area contributed by atoms with Gasteiger partial charge in [0.05, 0.1) is 12.1 Å². The number of aromatic hydroxyl groups is 1. The summed E-state index contributed by atoms with van der Waals surface area (Å²) in [6.45, 7) is 1.75. The van der Waals surface area contributed by atoms with Crippen LogP contribution in [0.1, 0.15) is 17.3 Å². The molecule has 1 aromatic carbocycles. The number of H-pyrrole nitrogens is 1. The maximum atomic E-state index is 11.9. The topological polar surface area (TPSA) is 79.4 Å². The van der Waals surface area contributed by atoms with Gasteiger partial charge in [0, 0.05) is 14.3 Å². The lowest BCUT2D eigenvalue weighted by Crippen LogP contribution is -2.20. The molecule has 19 heavy (non-hydrogen) atoms. The van der Waals surface area contributed by atoms with Crippen LogP contribution in [0.15, 0.2) is 25.9 Å². The van der Waals surface area contributed by atoms with Crippen molar-refractivity contribution in [2.75, 3.05) is 6.61 Å². The highest BCUT2D eigenvalue weighted by molar-refractivity contribution is 9.11. The highest BCUT2D eigenvalue weighted by atomic mass is 79.9. The van der Waals surface area contributed by atoms with Crippen LogP contribution in [0.4, 0.5) is 0 Å². The second kappa shape index (κ2) is 5.34. The Morgan fingerprint density at radius 3 is 2.74 bits per heavy atom. The molecule has 5 nitrogen and oxygen atoms in total. The first-order chi connectivity index (χ1) is 8.95. The fourth-order valence-corrected chi connectivity index (χ4v) is 3.02. The van der Waals surface area contributed by atoms with Gasteiger partial charge < -0.3 is 14.8 Å². The van der Waals surface area contributed by atoms with Crippen LogP contribution < -0.4 is 5.56 Å². The van der Waals surface area contributed by atoms with Gasteiger partial charge in [0.2, 0.25) is 0 Å². The number of aromatic nitrogens is 1. The third-order valence-electron chi connectivity index (χ3n) is 2.49. The highest BCUT2D eigenvalue weighted by Crippen LogP contribution is 2.33. The van der Waals surface area contributed by atoms with Crippen molar-refractivity contribution in [3.8, 4) is 5.75 Å². The Hall–Kier alpha value is -1.34. The third-order valence-corrected chi connectivity index (χ3v) is 3.58. The van der Waals surface area contributed by atoms with E-state index in [9.17, 15) is 14.7 Å². The van der Waals surface area contributed by atoms with Gasteiger partial charge in [0.1, 0.15) is 5.75 Å². The van der Waals surface area contributed by atoms with E-state index in [1.54, 1.807) is 19.1 Å². The van der Waals surface area contributed by atoms with Crippen LogP contribution in [0, 0.1) is 0 Å². The number of ether oxygens (including phenoxy) is 1. The lowest BCUT2D eigenvalue weighted by Gasteiger charge is -2.08. The summed E-state index contributed by atoms with van der Waals surface area (Å²) in [5, 5.41) is 10.5. The Labute approximate surface area is 124 Å². The largest absolute Gasteiger partial charge is 0.506 e. The number of esters is 1. The standard InChI is InChI=1S/C12H9Br2NO4/c1-2-19-12(18)8-10(16)6-3-5(13)4-7(14)9(6)15-11(8)17/h3-4H,2H2,1H3,(H2,15,16,17). The van der Waals surface area contributed by atoms with Crippen molar-refractivity contribution >= 4 is 48.7 Å². The molecule has 0 fully saturated rings. The molecule has 0 aliphatic carbocycles. The number of carbonyl (C=O) groups is 1. The number of nitrogens with one attached hydrogen (secondary N) is 1. The normalized spacial score (nSPS) is 10.7. The first kappa shape index (κ1) is 14.1. The predicted octanol–water partition coefficient (Wildman–Crippen LogP) is 2.94. The van der Waals surface area contributed by atoms with Crippen LogP contribution in [0.2, 0.25) is 0 Å². The maximum absolute atomic E-state index is 11.9. The van der Waals surface area contributed by atoms with Crippen LogP contribution in [-0.2, 0) is 4.74 Å². The molecule has 0 bridgehead atoms. The fraction of sp³-hybridized carbons (Fsp3) is 0.167. The van der Waals surface area contributed by atoms with Crippen molar-refractivity contribution in [1.29, 1.82) is 0 Å². The van der Waals surface area contributed by atoms with E-state index in [-0.39, 0.29) is 17.9 Å². The lowest BCUT2D eigenvalue weighted by molar-refractivity contribution is 0.0521. The van der Waals surface area contributed by atoms with Crippen molar-refractivity contribution in [2.24, 2.45) is 0 Å². The molecule has 0 aliphatic rings. The Morgan fingerprint density at radius 2 is 2.11 bits per heavy atom. The number of hydrogen-bond acceptors (Lipinski definition) is 4. The van der Waals surface area contributed by atoms with Crippen molar-refractivity contribution in [2.45, 2.75) is 6.92 Å². The first-order valence-corrected chi connectivity index (χ1v) is 6.95. The molecule has 1 heterocycles. The maximum Gasteiger partial charge on any atom is 0.347 e. The van der Waals surface area contributed by atoms with Gasteiger partial charge in [-0.25, -0.2) is 4.79 Å². The zero-order valence-corrected chi connectivity index (χ0v) is 13.0. The molecule has 0 atom stereocenters. The second-order valence-electron chi connectivity index (χ2n) is 3.71. The van der Waals surface area contributed by atoms with Gasteiger partial charge in [-0.3, -0.25) is 4.79 Å².